The Labute approximate surface area is 177 Å². The van der Waals surface area contributed by atoms with Gasteiger partial charge in [-0.15, -0.1) is 0 Å². The van der Waals surface area contributed by atoms with Crippen LogP contribution in [0.5, 0.6) is 11.5 Å². The van der Waals surface area contributed by atoms with Crippen LogP contribution in [0.4, 0.5) is 0 Å². The molecule has 0 spiro atoms. The molecule has 0 heterocycles. The average Bonchev–Trinajstić information content (AvgIpc) is 2.74. The summed E-state index contributed by atoms with van der Waals surface area (Å²) in [6.07, 6.45) is 0.526. The summed E-state index contributed by atoms with van der Waals surface area (Å²) in [4.78, 5) is 12.5. The first-order chi connectivity index (χ1) is 14.3. The molecule has 7 nitrogen and oxygen atoms in total. The number of ether oxygens (including phenoxy) is 2. The number of sulfonamides is 1. The van der Waals surface area contributed by atoms with Crippen molar-refractivity contribution in [1.82, 2.24) is 4.31 Å². The lowest BCUT2D eigenvalue weighted by Crippen LogP contribution is -2.30. The van der Waals surface area contributed by atoms with Gasteiger partial charge in [-0.25, -0.2) is 8.42 Å². The maximum absolute atomic E-state index is 12.5. The van der Waals surface area contributed by atoms with E-state index in [-0.39, 0.29) is 17.1 Å². The number of hydrogen-bond donors (Lipinski definition) is 0. The number of carbonyl (C=O) groups is 1. The third-order valence-electron chi connectivity index (χ3n) is 4.48. The van der Waals surface area contributed by atoms with Crippen molar-refractivity contribution in [2.45, 2.75) is 38.5 Å². The SMILES string of the molecule is CCOc1cc(C#N)ccc1OC(=O)CCc1ccc(S(=O)(=O)N(CC)CC)cc1. The van der Waals surface area contributed by atoms with Crippen LogP contribution in [-0.2, 0) is 21.2 Å². The molecule has 0 saturated carbocycles. The zero-order valence-corrected chi connectivity index (χ0v) is 18.2. The van der Waals surface area contributed by atoms with E-state index >= 15 is 0 Å². The van der Waals surface area contributed by atoms with Gasteiger partial charge < -0.3 is 9.47 Å². The molecule has 2 aromatic rings. The molecule has 0 amide bonds. The first-order valence-electron chi connectivity index (χ1n) is 9.82. The van der Waals surface area contributed by atoms with Gasteiger partial charge in [-0.3, -0.25) is 4.79 Å². The number of rotatable bonds is 10. The van der Waals surface area contributed by atoms with E-state index in [0.717, 1.165) is 5.56 Å². The third-order valence-corrected chi connectivity index (χ3v) is 6.54. The van der Waals surface area contributed by atoms with E-state index in [1.165, 1.54) is 16.4 Å². The van der Waals surface area contributed by atoms with E-state index in [4.69, 9.17) is 14.7 Å². The van der Waals surface area contributed by atoms with Gasteiger partial charge in [-0.2, -0.15) is 9.57 Å². The smallest absolute Gasteiger partial charge is 0.311 e. The Morgan fingerprint density at radius 2 is 1.70 bits per heavy atom. The largest absolute Gasteiger partial charge is 0.490 e. The minimum Gasteiger partial charge on any atom is -0.490 e. The fourth-order valence-corrected chi connectivity index (χ4v) is 4.35. The van der Waals surface area contributed by atoms with Crippen molar-refractivity contribution in [3.8, 4) is 17.6 Å². The van der Waals surface area contributed by atoms with Gasteiger partial charge in [0.1, 0.15) is 0 Å². The summed E-state index contributed by atoms with van der Waals surface area (Å²) < 4.78 is 37.3. The predicted octanol–water partition coefficient (Wildman–Crippen LogP) is 3.53. The first kappa shape index (κ1) is 23.4. The predicted molar refractivity (Wildman–Crippen MR) is 113 cm³/mol. The van der Waals surface area contributed by atoms with Crippen LogP contribution < -0.4 is 9.47 Å². The van der Waals surface area contributed by atoms with E-state index in [1.54, 1.807) is 51.1 Å². The molecule has 160 valence electrons. The molecule has 0 saturated heterocycles. The lowest BCUT2D eigenvalue weighted by molar-refractivity contribution is -0.134. The maximum Gasteiger partial charge on any atom is 0.311 e. The molecule has 0 radical (unpaired) electrons. The van der Waals surface area contributed by atoms with Crippen LogP contribution in [0.15, 0.2) is 47.4 Å². The van der Waals surface area contributed by atoms with Crippen LogP contribution in [0.1, 0.15) is 38.3 Å². The van der Waals surface area contributed by atoms with Gasteiger partial charge in [0, 0.05) is 25.6 Å². The molecule has 2 rings (SSSR count). The highest BCUT2D eigenvalue weighted by Gasteiger charge is 2.21. The number of nitrogens with zero attached hydrogens (tertiary/aromatic N) is 2. The van der Waals surface area contributed by atoms with Crippen molar-refractivity contribution in [3.63, 3.8) is 0 Å². The second-order valence-electron chi connectivity index (χ2n) is 6.41. The van der Waals surface area contributed by atoms with Gasteiger partial charge in [0.05, 0.1) is 23.1 Å². The Bertz CT molecular complexity index is 1010. The summed E-state index contributed by atoms with van der Waals surface area (Å²) in [5.41, 5.74) is 1.24. The normalized spacial score (nSPS) is 11.2. The van der Waals surface area contributed by atoms with Gasteiger partial charge in [0.2, 0.25) is 10.0 Å². The highest BCUT2D eigenvalue weighted by atomic mass is 32.2. The Morgan fingerprint density at radius 1 is 1.03 bits per heavy atom. The molecule has 0 N–H and O–H groups in total. The highest BCUT2D eigenvalue weighted by molar-refractivity contribution is 7.89. The Kier molecular flexibility index (Phi) is 8.39. The van der Waals surface area contributed by atoms with Crippen molar-refractivity contribution in [2.75, 3.05) is 19.7 Å². The van der Waals surface area contributed by atoms with E-state index in [9.17, 15) is 13.2 Å². The average molecular weight is 431 g/mol. The molecule has 2 aromatic carbocycles. The number of benzene rings is 2. The summed E-state index contributed by atoms with van der Waals surface area (Å²) in [6, 6.07) is 13.2. The maximum atomic E-state index is 12.5. The van der Waals surface area contributed by atoms with Crippen LogP contribution in [0.25, 0.3) is 0 Å². The summed E-state index contributed by atoms with van der Waals surface area (Å²) in [5.74, 6) is 0.165. The molecule has 0 bridgehead atoms. The van der Waals surface area contributed by atoms with E-state index in [1.807, 2.05) is 6.07 Å². The van der Waals surface area contributed by atoms with Crippen molar-refractivity contribution >= 4 is 16.0 Å². The van der Waals surface area contributed by atoms with Gasteiger partial charge >= 0.3 is 5.97 Å². The molecular formula is C22H26N2O5S. The summed E-state index contributed by atoms with van der Waals surface area (Å²) in [7, 11) is -3.50. The fourth-order valence-electron chi connectivity index (χ4n) is 2.89. The monoisotopic (exact) mass is 430 g/mol. The van der Waals surface area contributed by atoms with Crippen molar-refractivity contribution < 1.29 is 22.7 Å². The Balaban J connectivity index is 2.01. The summed E-state index contributed by atoms with van der Waals surface area (Å²) >= 11 is 0. The van der Waals surface area contributed by atoms with Gasteiger partial charge in [0.25, 0.3) is 0 Å². The molecule has 0 atom stereocenters. The van der Waals surface area contributed by atoms with E-state index < -0.39 is 16.0 Å². The standard InChI is InChI=1S/C22H26N2O5S/c1-4-24(5-2)30(26,27)19-11-7-17(8-12-19)10-14-22(25)29-20-13-9-18(16-23)15-21(20)28-6-3/h7-9,11-13,15H,4-6,10,14H2,1-3H3. The number of hydrogen-bond acceptors (Lipinski definition) is 6. The minimum absolute atomic E-state index is 0.119. The van der Waals surface area contributed by atoms with Crippen LogP contribution >= 0.6 is 0 Å². The Morgan fingerprint density at radius 3 is 2.27 bits per heavy atom. The van der Waals surface area contributed by atoms with E-state index in [0.29, 0.717) is 37.4 Å². The van der Waals surface area contributed by atoms with Gasteiger partial charge in [-0.1, -0.05) is 26.0 Å². The van der Waals surface area contributed by atoms with Gasteiger partial charge in [-0.05, 0) is 43.2 Å². The lowest BCUT2D eigenvalue weighted by Gasteiger charge is -2.18. The molecular weight excluding hydrogens is 404 g/mol. The second-order valence-corrected chi connectivity index (χ2v) is 8.35. The van der Waals surface area contributed by atoms with Crippen molar-refractivity contribution in [3.05, 3.63) is 53.6 Å². The van der Waals surface area contributed by atoms with Crippen LogP contribution in [0, 0.1) is 11.3 Å². The Hall–Kier alpha value is -2.89. The van der Waals surface area contributed by atoms with E-state index in [2.05, 4.69) is 0 Å². The third kappa shape index (κ3) is 5.81. The number of carbonyl (C=O) groups excluding carboxylic acids is 1. The molecule has 0 aliphatic rings. The number of esters is 1. The van der Waals surface area contributed by atoms with Crippen molar-refractivity contribution in [2.24, 2.45) is 0 Å². The quantitative estimate of drug-likeness (QED) is 0.423. The zero-order valence-electron chi connectivity index (χ0n) is 17.4. The highest BCUT2D eigenvalue weighted by Crippen LogP contribution is 2.28. The molecule has 0 fully saturated rings. The lowest BCUT2D eigenvalue weighted by atomic mass is 10.1. The fraction of sp³-hybridized carbons (Fsp3) is 0.364. The molecule has 0 unspecified atom stereocenters. The second kappa shape index (κ2) is 10.8. The molecule has 0 aliphatic heterocycles. The summed E-state index contributed by atoms with van der Waals surface area (Å²) in [5, 5.41) is 8.99. The first-order valence-corrected chi connectivity index (χ1v) is 11.3. The molecule has 0 aliphatic carbocycles. The molecule has 0 aromatic heterocycles. The summed E-state index contributed by atoms with van der Waals surface area (Å²) in [6.45, 7) is 6.59. The number of aryl methyl sites for hydroxylation is 1. The topological polar surface area (TPSA) is 96.7 Å². The minimum atomic E-state index is -3.50. The van der Waals surface area contributed by atoms with Gasteiger partial charge in [0.15, 0.2) is 11.5 Å². The van der Waals surface area contributed by atoms with Crippen LogP contribution in [0.2, 0.25) is 0 Å². The van der Waals surface area contributed by atoms with Crippen LogP contribution in [0.3, 0.4) is 0 Å². The molecule has 8 heteroatoms. The van der Waals surface area contributed by atoms with Crippen molar-refractivity contribution in [1.29, 1.82) is 5.26 Å². The molecule has 30 heavy (non-hydrogen) atoms. The van der Waals surface area contributed by atoms with Crippen LogP contribution in [-0.4, -0.2) is 38.4 Å². The number of nitriles is 1. The zero-order chi connectivity index (χ0) is 22.1.